The molecular formula is C26H29FN4O5S2. The number of halogens is 1. The molecule has 0 bridgehead atoms. The van der Waals surface area contributed by atoms with Crippen LogP contribution < -0.4 is 16.4 Å². The van der Waals surface area contributed by atoms with Crippen molar-refractivity contribution in [1.29, 1.82) is 0 Å². The predicted octanol–water partition coefficient (Wildman–Crippen LogP) is 1.70. The average Bonchev–Trinajstić information content (AvgIpc) is 3.09. The molecule has 0 saturated carbocycles. The normalized spacial score (nSPS) is 21.4. The van der Waals surface area contributed by atoms with Crippen LogP contribution in [-0.4, -0.2) is 58.0 Å². The van der Waals surface area contributed by atoms with Crippen LogP contribution in [0.25, 0.3) is 5.57 Å². The van der Waals surface area contributed by atoms with E-state index in [0.29, 0.717) is 33.2 Å². The van der Waals surface area contributed by atoms with Gasteiger partial charge in [-0.15, -0.1) is 0 Å². The number of rotatable bonds is 8. The molecule has 4 rings (SSSR count). The van der Waals surface area contributed by atoms with Gasteiger partial charge in [0, 0.05) is 29.4 Å². The third-order valence-electron chi connectivity index (χ3n) is 6.43. The molecule has 2 atom stereocenters. The molecule has 1 saturated heterocycles. The summed E-state index contributed by atoms with van der Waals surface area (Å²) in [5.41, 5.74) is 6.51. The molecule has 202 valence electrons. The van der Waals surface area contributed by atoms with E-state index in [2.05, 4.69) is 15.6 Å². The molecule has 1 aromatic heterocycles. The average molecular weight is 561 g/mol. The first kappa shape index (κ1) is 28.0. The first-order chi connectivity index (χ1) is 17.7. The van der Waals surface area contributed by atoms with E-state index in [0.717, 1.165) is 0 Å². The highest BCUT2D eigenvalue weighted by Gasteiger charge is 2.36. The monoisotopic (exact) mass is 560 g/mol. The number of hydrogen-bond donors (Lipinski definition) is 5. The van der Waals surface area contributed by atoms with Gasteiger partial charge < -0.3 is 26.6 Å². The second kappa shape index (κ2) is 10.6. The van der Waals surface area contributed by atoms with Crippen LogP contribution in [0.3, 0.4) is 0 Å². The molecular weight excluding hydrogens is 531 g/mol. The van der Waals surface area contributed by atoms with E-state index in [4.69, 9.17) is 18.0 Å². The number of aliphatic hydroxyl groups excluding tert-OH is 1. The number of sulfone groups is 1. The van der Waals surface area contributed by atoms with Gasteiger partial charge in [0.2, 0.25) is 0 Å². The Hall–Kier alpha value is -3.03. The second-order valence-corrected chi connectivity index (χ2v) is 12.6. The zero-order valence-corrected chi connectivity index (χ0v) is 22.5. The summed E-state index contributed by atoms with van der Waals surface area (Å²) in [6.07, 6.45) is 0.680. The summed E-state index contributed by atoms with van der Waals surface area (Å²) >= 11 is 5.56. The Morgan fingerprint density at radius 2 is 2.00 bits per heavy atom. The molecule has 1 fully saturated rings. The number of primary amides is 1. The minimum Gasteiger partial charge on any atom is -0.390 e. The lowest BCUT2D eigenvalue weighted by Gasteiger charge is -2.23. The number of anilines is 1. The van der Waals surface area contributed by atoms with Crippen LogP contribution in [-0.2, 0) is 26.8 Å². The Kier molecular flexibility index (Phi) is 7.82. The maximum absolute atomic E-state index is 15.0. The third kappa shape index (κ3) is 6.33. The van der Waals surface area contributed by atoms with Crippen molar-refractivity contribution in [1.82, 2.24) is 10.3 Å². The van der Waals surface area contributed by atoms with E-state index in [9.17, 15) is 27.8 Å². The molecule has 1 amide bonds. The molecule has 2 aromatic rings. The van der Waals surface area contributed by atoms with Crippen molar-refractivity contribution in [2.45, 2.75) is 44.6 Å². The predicted molar refractivity (Wildman–Crippen MR) is 146 cm³/mol. The topological polar surface area (TPSA) is 155 Å². The van der Waals surface area contributed by atoms with E-state index < -0.39 is 39.3 Å². The number of thiocarbonyl (C=S) groups is 1. The Labute approximate surface area is 225 Å². The van der Waals surface area contributed by atoms with Gasteiger partial charge >= 0.3 is 0 Å². The van der Waals surface area contributed by atoms with E-state index in [-0.39, 0.29) is 35.6 Å². The van der Waals surface area contributed by atoms with Gasteiger partial charge in [-0.25, -0.2) is 17.8 Å². The van der Waals surface area contributed by atoms with Gasteiger partial charge in [0.1, 0.15) is 11.6 Å². The molecule has 2 aliphatic rings. The lowest BCUT2D eigenvalue weighted by atomic mass is 9.89. The van der Waals surface area contributed by atoms with Crippen molar-refractivity contribution in [2.75, 3.05) is 16.8 Å². The quantitative estimate of drug-likeness (QED) is 0.304. The number of nitrogens with zero attached hydrogens (tertiary/aromatic N) is 1. The number of carbonyl (C=O) groups is 1. The highest BCUT2D eigenvalue weighted by atomic mass is 32.2. The summed E-state index contributed by atoms with van der Waals surface area (Å²) in [5.74, 6) is -1.36. The van der Waals surface area contributed by atoms with E-state index in [1.54, 1.807) is 44.2 Å². The smallest absolute Gasteiger partial charge is 0.250 e. The van der Waals surface area contributed by atoms with Crippen molar-refractivity contribution < 1.29 is 27.8 Å². The van der Waals surface area contributed by atoms with Gasteiger partial charge in [-0.1, -0.05) is 30.4 Å². The minimum absolute atomic E-state index is 0.0758. The number of carbonyl (C=O) groups excluding carboxylic acids is 1. The number of allylic oxidation sites excluding steroid dienone is 2. The Morgan fingerprint density at radius 3 is 2.61 bits per heavy atom. The van der Waals surface area contributed by atoms with Gasteiger partial charge in [0.05, 0.1) is 40.2 Å². The molecule has 0 spiro atoms. The molecule has 1 aromatic carbocycles. The summed E-state index contributed by atoms with van der Waals surface area (Å²) in [6, 6.07) is 8.95. The number of nitrogens with two attached hydrogens (primary N) is 1. The lowest BCUT2D eigenvalue weighted by Crippen LogP contribution is -2.38. The van der Waals surface area contributed by atoms with Crippen LogP contribution in [0.15, 0.2) is 53.7 Å². The fourth-order valence-electron chi connectivity index (χ4n) is 4.40. The van der Waals surface area contributed by atoms with Crippen molar-refractivity contribution in [2.24, 2.45) is 5.73 Å². The number of amides is 1. The zero-order valence-electron chi connectivity index (χ0n) is 20.9. The molecule has 2 heterocycles. The highest BCUT2D eigenvalue weighted by Crippen LogP contribution is 2.33. The van der Waals surface area contributed by atoms with Crippen LogP contribution in [0.4, 0.5) is 10.2 Å². The van der Waals surface area contributed by atoms with Crippen LogP contribution in [0.5, 0.6) is 0 Å². The molecule has 9 nitrogen and oxygen atoms in total. The number of nitrogens with one attached hydrogen (secondary N) is 2. The summed E-state index contributed by atoms with van der Waals surface area (Å²) in [6.45, 7) is 3.33. The van der Waals surface area contributed by atoms with Crippen molar-refractivity contribution >= 4 is 44.2 Å². The van der Waals surface area contributed by atoms with Crippen LogP contribution in [0.1, 0.15) is 37.1 Å². The Bertz CT molecular complexity index is 1460. The molecule has 0 radical (unpaired) electrons. The molecule has 1 aliphatic carbocycles. The molecule has 12 heteroatoms. The first-order valence-corrected chi connectivity index (χ1v) is 14.1. The van der Waals surface area contributed by atoms with E-state index >= 15 is 0 Å². The number of aliphatic hydroxyl groups is 2. The lowest BCUT2D eigenvalue weighted by molar-refractivity contribution is -0.114. The van der Waals surface area contributed by atoms with Gasteiger partial charge in [0.15, 0.2) is 9.84 Å². The van der Waals surface area contributed by atoms with Crippen LogP contribution >= 0.6 is 12.2 Å². The SMILES string of the molecule is CC(C)(O)c1ccc(C2=CC(C(N)=O)=C(Nc3cccc(CNC4CS(=O)(=O)CC4O)n3)C(=S)C2)c(F)c1. The maximum Gasteiger partial charge on any atom is 0.250 e. The number of pyridine rings is 1. The fourth-order valence-corrected chi connectivity index (χ4v) is 6.50. The van der Waals surface area contributed by atoms with Gasteiger partial charge in [0.25, 0.3) is 5.91 Å². The van der Waals surface area contributed by atoms with Crippen LogP contribution in [0, 0.1) is 5.82 Å². The Balaban J connectivity index is 1.57. The van der Waals surface area contributed by atoms with E-state index in [1.165, 1.54) is 12.1 Å². The minimum atomic E-state index is -3.28. The standard InChI is InChI=1S/C26H29FN4O5S2/c1-26(2,34)15-6-7-17(19(27)10-15)14-8-18(25(28)33)24(22(37)9-14)31-23-5-3-4-16(30-23)11-29-20-12-38(35,36)13-21(20)32/h3-8,10,20-21,29,32,34H,9,11-13H2,1-2H3,(H2,28,33)(H,30,31). The summed E-state index contributed by atoms with van der Waals surface area (Å²) in [4.78, 5) is 17.2. The summed E-state index contributed by atoms with van der Waals surface area (Å²) < 4.78 is 38.4. The molecule has 38 heavy (non-hydrogen) atoms. The number of benzene rings is 1. The van der Waals surface area contributed by atoms with Crippen molar-refractivity contribution in [3.63, 3.8) is 0 Å². The van der Waals surface area contributed by atoms with Gasteiger partial charge in [-0.05, 0) is 49.3 Å². The van der Waals surface area contributed by atoms with Gasteiger partial charge in [-0.2, -0.15) is 0 Å². The first-order valence-electron chi connectivity index (χ1n) is 11.9. The third-order valence-corrected chi connectivity index (χ3v) is 8.50. The second-order valence-electron chi connectivity index (χ2n) is 9.95. The highest BCUT2D eigenvalue weighted by molar-refractivity contribution is 7.91. The molecule has 1 aliphatic heterocycles. The fraction of sp³-hybridized carbons (Fsp3) is 0.346. The van der Waals surface area contributed by atoms with Crippen molar-refractivity contribution in [3.05, 3.63) is 76.4 Å². The number of hydrogen-bond acceptors (Lipinski definition) is 9. The maximum atomic E-state index is 15.0. The summed E-state index contributed by atoms with van der Waals surface area (Å²) in [5, 5.41) is 26.2. The summed E-state index contributed by atoms with van der Waals surface area (Å²) in [7, 11) is -3.28. The largest absolute Gasteiger partial charge is 0.390 e. The number of aromatic nitrogens is 1. The van der Waals surface area contributed by atoms with Crippen molar-refractivity contribution in [3.8, 4) is 0 Å². The van der Waals surface area contributed by atoms with E-state index in [1.807, 2.05) is 0 Å². The molecule has 2 unspecified atom stereocenters. The Morgan fingerprint density at radius 1 is 1.26 bits per heavy atom. The zero-order chi connectivity index (χ0) is 27.8. The molecule has 6 N–H and O–H groups in total. The van der Waals surface area contributed by atoms with Crippen LogP contribution in [0.2, 0.25) is 0 Å². The van der Waals surface area contributed by atoms with Gasteiger partial charge in [-0.3, -0.25) is 4.79 Å².